The molecule has 0 spiro atoms. The smallest absolute Gasteiger partial charge is 0.404 e. The van der Waals surface area contributed by atoms with Gasteiger partial charge in [-0.1, -0.05) is 43.5 Å². The highest BCUT2D eigenvalue weighted by molar-refractivity contribution is 7.92. The van der Waals surface area contributed by atoms with E-state index in [1.165, 1.54) is 40.7 Å². The van der Waals surface area contributed by atoms with E-state index in [0.717, 1.165) is 48.7 Å². The molecular weight excluding hydrogens is 1280 g/mol. The molecule has 20 nitrogen and oxygen atoms in total. The van der Waals surface area contributed by atoms with E-state index in [2.05, 4.69) is 32.3 Å². The van der Waals surface area contributed by atoms with Crippen LogP contribution < -0.4 is 14.6 Å². The van der Waals surface area contributed by atoms with Crippen LogP contribution in [0, 0.1) is 36.3 Å². The van der Waals surface area contributed by atoms with Crippen LogP contribution >= 0.6 is 27.0 Å². The topological polar surface area (TPSA) is 299 Å². The maximum Gasteiger partial charge on any atom is 0.524 e. The number of carbonyl (C=O) groups excluding carboxylic acids is 2. The number of amides is 2. The highest BCUT2D eigenvalue weighted by Crippen LogP contribution is 2.68. The third kappa shape index (κ3) is 15.0. The number of pyridine rings is 1. The number of alkyl halides is 8. The molecule has 2 aliphatic rings. The monoisotopic (exact) mass is 1330 g/mol. The summed E-state index contributed by atoms with van der Waals surface area (Å²) in [5.74, 6) is -8.67. The van der Waals surface area contributed by atoms with Crippen molar-refractivity contribution in [3.05, 3.63) is 128 Å². The third-order valence-corrected chi connectivity index (χ3v) is 18.9. The Bertz CT molecular complexity index is 4210. The first kappa shape index (κ1) is 66.5. The molecule has 3 aromatic heterocycles. The van der Waals surface area contributed by atoms with Gasteiger partial charge >= 0.3 is 27.8 Å². The fourth-order valence-electron chi connectivity index (χ4n) is 10.6. The van der Waals surface area contributed by atoms with Crippen LogP contribution in [0.3, 0.4) is 0 Å². The van der Waals surface area contributed by atoms with Gasteiger partial charge in [-0.2, -0.15) is 45.3 Å². The Kier molecular flexibility index (Phi) is 17.5. The molecule has 1 saturated carbocycles. The average Bonchev–Trinajstić information content (AvgIpc) is 1.52. The molecule has 2 amide bonds. The minimum absolute atomic E-state index is 0.0778. The predicted octanol–water partition coefficient (Wildman–Crippen LogP) is 9.06. The quantitative estimate of drug-likeness (QED) is 0.0250. The summed E-state index contributed by atoms with van der Waals surface area (Å²) in [6.07, 6.45) is -12.4. The van der Waals surface area contributed by atoms with Gasteiger partial charge in [0.1, 0.15) is 52.4 Å². The molecule has 35 heteroatoms. The minimum Gasteiger partial charge on any atom is -0.404 e. The van der Waals surface area contributed by atoms with Crippen molar-refractivity contribution in [3.8, 4) is 28.7 Å². The normalized spacial score (nSPS) is 16.7. The maximum atomic E-state index is 15.7. The van der Waals surface area contributed by atoms with Crippen molar-refractivity contribution in [1.82, 2.24) is 34.6 Å². The Labute approximate surface area is 493 Å². The van der Waals surface area contributed by atoms with Crippen molar-refractivity contribution < 1.29 is 104 Å². The number of hydrogen-bond acceptors (Lipinski definition) is 12. The summed E-state index contributed by atoms with van der Waals surface area (Å²) < 4.78 is 231. The van der Waals surface area contributed by atoms with E-state index in [1.54, 1.807) is 4.72 Å². The lowest BCUT2D eigenvalue weighted by Gasteiger charge is -2.29. The van der Waals surface area contributed by atoms with Gasteiger partial charge in [0.25, 0.3) is 5.92 Å². The fraction of sp³-hybridized carbons (Fsp3) is 0.404. The molecule has 0 unspecified atom stereocenters. The molecule has 1 fully saturated rings. The van der Waals surface area contributed by atoms with E-state index in [4.69, 9.17) is 16.1 Å². The fourth-order valence-corrected chi connectivity index (χ4v) is 13.2. The predicted molar refractivity (Wildman–Crippen MR) is 291 cm³/mol. The Hall–Kier alpha value is -6.42. The molecule has 3 heterocycles. The number of phosphoric acid groups is 1. The van der Waals surface area contributed by atoms with Crippen molar-refractivity contribution in [2.75, 3.05) is 6.26 Å². The number of halogens is 11. The SMILES string of the molecule is Cc1cc(CP(=O)(O)O)cc(OP(=O)(O)O)c1C(C)(C)CC(=O)NS(=O)(=O)Cc1nn(CC(F)(F)F)c2c(-c3ccc(C#CC(C)(C)S(C)(=O)=O)nc3[C@H](Cc3cc(F)cc(F)c3)NC(=O)Cn3nc(C(F)(F)F)c4c3C(F)(F)[C@@H]3C[C@H]43)ccc(Cl)c12. The van der Waals surface area contributed by atoms with Crippen molar-refractivity contribution in [3.63, 3.8) is 0 Å². The van der Waals surface area contributed by atoms with Gasteiger partial charge in [-0.25, -0.2) is 35.2 Å². The van der Waals surface area contributed by atoms with Crippen molar-refractivity contribution in [2.24, 2.45) is 5.92 Å². The summed E-state index contributed by atoms with van der Waals surface area (Å²) in [5, 5.41) is 8.78. The average molecular weight is 1330 g/mol. The molecule has 3 aromatic carbocycles. The standard InChI is InChI=1S/C52H50ClF10N7O13P2S2/c1-25-13-27(22-84(73,74)75)17-38(83-85(76,77)78)43(25)48(2,3)20-39(71)68-87(81,82)23-37-42-35(53)10-9-32(45(42)70(66-37)24-50(56,57)58)31-8-7-30(11-12-49(4,5)86(6,79)80)64-44(31)36(16-26-14-28(54)18-29(55)15-26)65-40(72)21-69-47-41(46(67-69)52(61,62)63)33-19-34(33)51(47,59)60/h7-10,13-15,17-18,33-34,36H,16,19-24H2,1-6H3,(H,65,72)(H,68,71)(H2,73,74,75)(H2,76,77,78)/t33-,34+,36-/m0/s1. The highest BCUT2D eigenvalue weighted by atomic mass is 35.5. The van der Waals surface area contributed by atoms with Crippen molar-refractivity contribution in [1.29, 1.82) is 0 Å². The van der Waals surface area contributed by atoms with E-state index in [9.17, 15) is 90.3 Å². The molecule has 8 rings (SSSR count). The number of fused-ring (bicyclic) bond motifs is 4. The number of nitrogens with one attached hydrogen (secondary N) is 2. The van der Waals surface area contributed by atoms with Gasteiger partial charge in [-0.3, -0.25) is 38.0 Å². The van der Waals surface area contributed by atoms with Gasteiger partial charge in [0.05, 0.1) is 34.1 Å². The minimum atomic E-state index is -5.41. The molecular formula is C52H50ClF10N7O13P2S2. The largest absolute Gasteiger partial charge is 0.524 e. The summed E-state index contributed by atoms with van der Waals surface area (Å²) in [6.45, 7) is 3.06. The van der Waals surface area contributed by atoms with Crippen molar-refractivity contribution >= 4 is 69.6 Å². The molecule has 0 aliphatic heterocycles. The van der Waals surface area contributed by atoms with Gasteiger partial charge < -0.3 is 19.6 Å². The number of nitrogens with zero attached hydrogens (tertiary/aromatic N) is 5. The Balaban J connectivity index is 1.25. The molecule has 0 saturated heterocycles. The number of sulfonamides is 1. The second-order valence-corrected chi connectivity index (χ2v) is 29.7. The number of phosphoric ester groups is 1. The van der Waals surface area contributed by atoms with Gasteiger partial charge in [0, 0.05) is 57.7 Å². The van der Waals surface area contributed by atoms with Crippen LogP contribution in [0.25, 0.3) is 22.0 Å². The molecule has 470 valence electrons. The summed E-state index contributed by atoms with van der Waals surface area (Å²) >= 11 is 6.68. The first-order valence-electron chi connectivity index (χ1n) is 25.4. The van der Waals surface area contributed by atoms with Crippen LogP contribution in [0.1, 0.15) is 109 Å². The summed E-state index contributed by atoms with van der Waals surface area (Å²) in [4.78, 5) is 71.1. The number of sulfone groups is 1. The van der Waals surface area contributed by atoms with Gasteiger partial charge in [0.15, 0.2) is 15.5 Å². The van der Waals surface area contributed by atoms with Crippen LogP contribution in [0.4, 0.5) is 43.9 Å². The first-order valence-corrected chi connectivity index (χ1v) is 32.6. The molecule has 6 aromatic rings. The zero-order valence-corrected chi connectivity index (χ0v) is 50.1. The zero-order valence-electron chi connectivity index (χ0n) is 45.9. The van der Waals surface area contributed by atoms with Gasteiger partial charge in [-0.15, -0.1) is 0 Å². The van der Waals surface area contributed by atoms with E-state index in [0.29, 0.717) is 6.07 Å². The number of carbonyl (C=O) groups is 2. The molecule has 2 aliphatic carbocycles. The molecule has 87 heavy (non-hydrogen) atoms. The van der Waals surface area contributed by atoms with E-state index >= 15 is 8.78 Å². The lowest BCUT2D eigenvalue weighted by molar-refractivity contribution is -0.143. The number of aryl methyl sites for hydroxylation is 1. The van der Waals surface area contributed by atoms with Crippen LogP contribution in [0.5, 0.6) is 5.75 Å². The third-order valence-electron chi connectivity index (χ3n) is 14.2. The Morgan fingerprint density at radius 3 is 2.10 bits per heavy atom. The molecule has 0 radical (unpaired) electrons. The zero-order chi connectivity index (χ0) is 64.9. The molecule has 3 atom stereocenters. The second kappa shape index (κ2) is 22.9. The lowest BCUT2D eigenvalue weighted by Crippen LogP contribution is -2.36. The van der Waals surface area contributed by atoms with Crippen LogP contribution in [-0.4, -0.2) is 89.9 Å². The maximum absolute atomic E-state index is 15.7. The summed E-state index contributed by atoms with van der Waals surface area (Å²) in [7, 11) is -19.2. The van der Waals surface area contributed by atoms with Crippen LogP contribution in [0.2, 0.25) is 5.02 Å². The number of rotatable bonds is 19. The summed E-state index contributed by atoms with van der Waals surface area (Å²) in [6, 6.07) is 6.71. The molecule has 6 N–H and O–H groups in total. The Morgan fingerprint density at radius 2 is 1.52 bits per heavy atom. The van der Waals surface area contributed by atoms with Gasteiger partial charge in [0.2, 0.25) is 21.8 Å². The number of aromatic nitrogens is 5. The molecule has 0 bridgehead atoms. The van der Waals surface area contributed by atoms with Crippen molar-refractivity contribution in [2.45, 2.75) is 119 Å². The highest BCUT2D eigenvalue weighted by Gasteiger charge is 2.68. The second-order valence-electron chi connectivity index (χ2n) is 22.2. The van der Waals surface area contributed by atoms with E-state index in [1.807, 2.05) is 0 Å². The summed E-state index contributed by atoms with van der Waals surface area (Å²) in [5.41, 5.74) is -8.68. The van der Waals surface area contributed by atoms with E-state index < -0.39 is 193 Å². The van der Waals surface area contributed by atoms with Crippen LogP contribution in [-0.2, 0) is 87.5 Å². The Morgan fingerprint density at radius 1 is 0.885 bits per heavy atom. The lowest BCUT2D eigenvalue weighted by atomic mass is 9.78. The first-order chi connectivity index (χ1) is 39.6. The number of benzene rings is 3. The van der Waals surface area contributed by atoms with Crippen LogP contribution in [0.15, 0.2) is 54.6 Å². The van der Waals surface area contributed by atoms with Gasteiger partial charge in [-0.05, 0) is 98.5 Å². The number of hydrogen-bond donors (Lipinski definition) is 6. The van der Waals surface area contributed by atoms with E-state index in [-0.39, 0.29) is 54.9 Å².